The summed E-state index contributed by atoms with van der Waals surface area (Å²) >= 11 is 0. The van der Waals surface area contributed by atoms with Crippen molar-refractivity contribution in [1.82, 2.24) is 29.8 Å². The van der Waals surface area contributed by atoms with Gasteiger partial charge in [-0.1, -0.05) is 0 Å². The molecule has 3 aromatic rings. The number of carbonyl (C=O) groups excluding carboxylic acids is 2. The maximum atomic E-state index is 12.7. The van der Waals surface area contributed by atoms with Crippen molar-refractivity contribution >= 4 is 17.5 Å². The van der Waals surface area contributed by atoms with Gasteiger partial charge in [0.25, 0.3) is 11.8 Å². The Hall–Kier alpha value is -3.29. The molecule has 2 amide bonds. The quantitative estimate of drug-likeness (QED) is 0.750. The minimum atomic E-state index is -0.202. The predicted molar refractivity (Wildman–Crippen MR) is 103 cm³/mol. The molecular weight excluding hydrogens is 356 g/mol. The van der Waals surface area contributed by atoms with Crippen LogP contribution in [0.4, 0.5) is 0 Å². The minimum absolute atomic E-state index is 0.0202. The Bertz CT molecular complexity index is 1020. The Labute approximate surface area is 162 Å². The molecule has 28 heavy (non-hydrogen) atoms. The third kappa shape index (κ3) is 3.21. The molecule has 0 radical (unpaired) electrons. The Morgan fingerprint density at radius 3 is 2.57 bits per heavy atom. The van der Waals surface area contributed by atoms with Crippen LogP contribution in [0.2, 0.25) is 0 Å². The van der Waals surface area contributed by atoms with Crippen molar-refractivity contribution in [2.24, 2.45) is 0 Å². The van der Waals surface area contributed by atoms with E-state index in [9.17, 15) is 9.59 Å². The normalized spacial score (nSPS) is 15.0. The highest BCUT2D eigenvalue weighted by molar-refractivity contribution is 5.99. The van der Waals surface area contributed by atoms with Gasteiger partial charge in [0.05, 0.1) is 11.8 Å². The first-order valence-corrected chi connectivity index (χ1v) is 9.35. The summed E-state index contributed by atoms with van der Waals surface area (Å²) < 4.78 is 1.75. The number of rotatable bonds is 3. The third-order valence-corrected chi connectivity index (χ3v) is 5.26. The minimum Gasteiger partial charge on any atom is -0.355 e. The fraction of sp³-hybridized carbons (Fsp3) is 0.350. The predicted octanol–water partition coefficient (Wildman–Crippen LogP) is 1.81. The lowest BCUT2D eigenvalue weighted by Crippen LogP contribution is -2.38. The van der Waals surface area contributed by atoms with Gasteiger partial charge in [-0.3, -0.25) is 14.6 Å². The fourth-order valence-corrected chi connectivity index (χ4v) is 3.67. The van der Waals surface area contributed by atoms with Crippen LogP contribution in [-0.2, 0) is 0 Å². The van der Waals surface area contributed by atoms with Crippen LogP contribution in [-0.4, -0.2) is 56.4 Å². The van der Waals surface area contributed by atoms with Crippen LogP contribution in [0.3, 0.4) is 0 Å². The van der Waals surface area contributed by atoms with Gasteiger partial charge >= 0.3 is 0 Å². The van der Waals surface area contributed by atoms with E-state index in [1.54, 1.807) is 30.2 Å². The number of hydrogen-bond donors (Lipinski definition) is 1. The number of pyridine rings is 1. The van der Waals surface area contributed by atoms with Crippen LogP contribution >= 0.6 is 0 Å². The lowest BCUT2D eigenvalue weighted by atomic mass is 9.93. The second kappa shape index (κ2) is 7.38. The molecule has 1 aliphatic rings. The lowest BCUT2D eigenvalue weighted by molar-refractivity contribution is 0.0711. The molecule has 1 aliphatic heterocycles. The summed E-state index contributed by atoms with van der Waals surface area (Å²) in [7, 11) is 1.59. The molecule has 1 N–H and O–H groups in total. The first kappa shape index (κ1) is 18.1. The molecule has 8 heteroatoms. The molecule has 1 fully saturated rings. The average Bonchev–Trinajstić information content (AvgIpc) is 3.17. The summed E-state index contributed by atoms with van der Waals surface area (Å²) in [5.41, 5.74) is 3.55. The summed E-state index contributed by atoms with van der Waals surface area (Å²) in [6.07, 6.45) is 6.57. The molecule has 4 heterocycles. The molecule has 0 unspecified atom stereocenters. The average molecular weight is 378 g/mol. The Morgan fingerprint density at radius 2 is 1.89 bits per heavy atom. The molecule has 1 saturated heterocycles. The lowest BCUT2D eigenvalue weighted by Gasteiger charge is -2.32. The highest BCUT2D eigenvalue weighted by Gasteiger charge is 2.27. The van der Waals surface area contributed by atoms with Crippen molar-refractivity contribution in [2.45, 2.75) is 25.7 Å². The zero-order chi connectivity index (χ0) is 19.7. The van der Waals surface area contributed by atoms with Gasteiger partial charge in [-0.2, -0.15) is 5.10 Å². The number of aromatic nitrogens is 4. The van der Waals surface area contributed by atoms with Gasteiger partial charge in [0.1, 0.15) is 5.56 Å². The van der Waals surface area contributed by atoms with Crippen molar-refractivity contribution < 1.29 is 9.59 Å². The summed E-state index contributed by atoms with van der Waals surface area (Å²) in [4.78, 5) is 35.1. The van der Waals surface area contributed by atoms with Crippen molar-refractivity contribution in [3.8, 4) is 0 Å². The maximum Gasteiger partial charge on any atom is 0.256 e. The number of carbonyl (C=O) groups is 2. The molecule has 0 aliphatic carbocycles. The van der Waals surface area contributed by atoms with E-state index < -0.39 is 0 Å². The smallest absolute Gasteiger partial charge is 0.256 e. The molecular formula is C20H22N6O2. The molecule has 0 aromatic carbocycles. The van der Waals surface area contributed by atoms with Crippen molar-refractivity contribution in [3.05, 3.63) is 59.3 Å². The van der Waals surface area contributed by atoms with E-state index in [4.69, 9.17) is 0 Å². The summed E-state index contributed by atoms with van der Waals surface area (Å²) in [5.74, 6) is 0.0710. The van der Waals surface area contributed by atoms with Gasteiger partial charge in [0.15, 0.2) is 5.65 Å². The molecule has 0 bridgehead atoms. The molecule has 0 spiro atoms. The number of nitrogens with zero attached hydrogens (tertiary/aromatic N) is 5. The molecule has 3 aromatic heterocycles. The Morgan fingerprint density at radius 1 is 1.11 bits per heavy atom. The number of aryl methyl sites for hydroxylation is 1. The largest absolute Gasteiger partial charge is 0.355 e. The summed E-state index contributed by atoms with van der Waals surface area (Å²) in [5, 5.41) is 6.99. The van der Waals surface area contributed by atoms with Crippen molar-refractivity contribution in [3.63, 3.8) is 0 Å². The SMILES string of the molecule is CNC(=O)c1cnn2c(C3CCN(C(=O)c4ccc(C)nc4)CC3)ccnc12. The number of piperidine rings is 1. The second-order valence-electron chi connectivity index (χ2n) is 7.00. The summed E-state index contributed by atoms with van der Waals surface area (Å²) in [6.45, 7) is 3.25. The molecule has 4 rings (SSSR count). The molecule has 0 saturated carbocycles. The van der Waals surface area contributed by atoms with Crippen LogP contribution in [0.15, 0.2) is 36.8 Å². The standard InChI is InChI=1S/C20H22N6O2/c1-13-3-4-15(11-23-13)20(28)25-9-6-14(7-10-25)17-5-8-22-18-16(19(27)21-2)12-24-26(17)18/h3-5,8,11-12,14H,6-7,9-10H2,1-2H3,(H,21,27). The van der Waals surface area contributed by atoms with Crippen LogP contribution in [0, 0.1) is 6.92 Å². The van der Waals surface area contributed by atoms with E-state index in [0.717, 1.165) is 24.2 Å². The van der Waals surface area contributed by atoms with Gasteiger partial charge in [-0.05, 0) is 38.0 Å². The van der Waals surface area contributed by atoms with Crippen molar-refractivity contribution in [2.75, 3.05) is 20.1 Å². The van der Waals surface area contributed by atoms with Gasteiger partial charge in [-0.25, -0.2) is 9.50 Å². The van der Waals surface area contributed by atoms with E-state index in [2.05, 4.69) is 20.4 Å². The topological polar surface area (TPSA) is 92.5 Å². The second-order valence-corrected chi connectivity index (χ2v) is 7.00. The first-order chi connectivity index (χ1) is 13.6. The van der Waals surface area contributed by atoms with Crippen LogP contribution < -0.4 is 5.32 Å². The number of likely N-dealkylation sites (tertiary alicyclic amines) is 1. The zero-order valence-electron chi connectivity index (χ0n) is 15.9. The summed E-state index contributed by atoms with van der Waals surface area (Å²) in [6, 6.07) is 5.63. The zero-order valence-corrected chi connectivity index (χ0v) is 15.9. The maximum absolute atomic E-state index is 12.7. The fourth-order valence-electron chi connectivity index (χ4n) is 3.67. The van der Waals surface area contributed by atoms with E-state index >= 15 is 0 Å². The van der Waals surface area contributed by atoms with Gasteiger partial charge < -0.3 is 10.2 Å². The molecule has 8 nitrogen and oxygen atoms in total. The van der Waals surface area contributed by atoms with Gasteiger partial charge in [0, 0.05) is 49.8 Å². The number of amides is 2. The molecule has 144 valence electrons. The highest BCUT2D eigenvalue weighted by Crippen LogP contribution is 2.29. The van der Waals surface area contributed by atoms with E-state index in [-0.39, 0.29) is 17.7 Å². The number of fused-ring (bicyclic) bond motifs is 1. The van der Waals surface area contributed by atoms with E-state index in [0.29, 0.717) is 29.9 Å². The third-order valence-electron chi connectivity index (χ3n) is 5.26. The Balaban J connectivity index is 1.51. The van der Waals surface area contributed by atoms with E-state index in [1.807, 2.05) is 30.0 Å². The van der Waals surface area contributed by atoms with Crippen LogP contribution in [0.1, 0.15) is 50.9 Å². The Kier molecular flexibility index (Phi) is 4.77. The molecule has 0 atom stereocenters. The van der Waals surface area contributed by atoms with Gasteiger partial charge in [-0.15, -0.1) is 0 Å². The van der Waals surface area contributed by atoms with E-state index in [1.165, 1.54) is 0 Å². The van der Waals surface area contributed by atoms with Crippen molar-refractivity contribution in [1.29, 1.82) is 0 Å². The van der Waals surface area contributed by atoms with Crippen LogP contribution in [0.25, 0.3) is 5.65 Å². The van der Waals surface area contributed by atoms with Gasteiger partial charge in [0.2, 0.25) is 0 Å². The first-order valence-electron chi connectivity index (χ1n) is 9.35. The van der Waals surface area contributed by atoms with Crippen LogP contribution in [0.5, 0.6) is 0 Å². The monoisotopic (exact) mass is 378 g/mol. The number of nitrogens with one attached hydrogen (secondary N) is 1. The number of hydrogen-bond acceptors (Lipinski definition) is 5. The highest BCUT2D eigenvalue weighted by atomic mass is 16.2.